The average molecular weight is 642 g/mol. The van der Waals surface area contributed by atoms with Crippen molar-refractivity contribution < 1.29 is 19.2 Å². The highest BCUT2D eigenvalue weighted by Gasteiger charge is 2.34. The minimum Gasteiger partial charge on any atom is -0.344 e. The van der Waals surface area contributed by atoms with E-state index in [1.165, 1.54) is 4.68 Å². The predicted molar refractivity (Wildman–Crippen MR) is 181 cm³/mol. The SMILES string of the molecule is CCC(=O)N[C@H](Cc1ccc(NC(=O)[C@@H](NC(=O)c2ccnn2C)C2CCCCC2)cc1)C(=O)N1CCNC[C@H]1Cc1ccccc1. The van der Waals surface area contributed by atoms with E-state index in [0.717, 1.165) is 49.7 Å². The highest BCUT2D eigenvalue weighted by Crippen LogP contribution is 2.28. The molecule has 1 saturated carbocycles. The lowest BCUT2D eigenvalue weighted by molar-refractivity contribution is -0.139. The number of carbonyl (C=O) groups excluding carboxylic acids is 4. The van der Waals surface area contributed by atoms with Gasteiger partial charge in [0.05, 0.1) is 0 Å². The molecule has 0 spiro atoms. The number of piperazine rings is 1. The summed E-state index contributed by atoms with van der Waals surface area (Å²) in [5.41, 5.74) is 3.02. The quantitative estimate of drug-likeness (QED) is 0.240. The van der Waals surface area contributed by atoms with Gasteiger partial charge in [0.25, 0.3) is 5.91 Å². The molecule has 3 aromatic rings. The molecule has 1 saturated heterocycles. The summed E-state index contributed by atoms with van der Waals surface area (Å²) in [5.74, 6) is -0.808. The molecule has 4 N–H and O–H groups in total. The minimum absolute atomic E-state index is 0.0206. The van der Waals surface area contributed by atoms with Crippen molar-refractivity contribution in [2.45, 2.75) is 76.4 Å². The Labute approximate surface area is 276 Å². The number of nitrogens with one attached hydrogen (secondary N) is 4. The molecule has 2 heterocycles. The second-order valence-corrected chi connectivity index (χ2v) is 12.6. The second-order valence-electron chi connectivity index (χ2n) is 12.6. The molecule has 5 rings (SSSR count). The molecule has 4 amide bonds. The van der Waals surface area contributed by atoms with Crippen LogP contribution in [0.15, 0.2) is 66.9 Å². The van der Waals surface area contributed by atoms with E-state index < -0.39 is 12.1 Å². The summed E-state index contributed by atoms with van der Waals surface area (Å²) in [6, 6.07) is 17.7. The van der Waals surface area contributed by atoms with Crippen LogP contribution in [-0.4, -0.2) is 76.1 Å². The minimum atomic E-state index is -0.711. The fraction of sp³-hybridized carbons (Fsp3) is 0.472. The lowest BCUT2D eigenvalue weighted by Gasteiger charge is -2.38. The first-order chi connectivity index (χ1) is 22.8. The van der Waals surface area contributed by atoms with Crippen LogP contribution in [0.2, 0.25) is 0 Å². The van der Waals surface area contributed by atoms with Crippen LogP contribution in [0.1, 0.15) is 67.1 Å². The largest absolute Gasteiger partial charge is 0.344 e. The molecule has 0 radical (unpaired) electrons. The number of benzene rings is 2. The van der Waals surface area contributed by atoms with Gasteiger partial charge in [-0.3, -0.25) is 23.9 Å². The van der Waals surface area contributed by atoms with Crippen LogP contribution in [-0.2, 0) is 34.3 Å². The van der Waals surface area contributed by atoms with Crippen molar-refractivity contribution in [3.05, 3.63) is 83.7 Å². The van der Waals surface area contributed by atoms with Crippen molar-refractivity contribution in [3.63, 3.8) is 0 Å². The summed E-state index contributed by atoms with van der Waals surface area (Å²) in [4.78, 5) is 55.1. The van der Waals surface area contributed by atoms with E-state index in [1.54, 1.807) is 38.4 Å². The highest BCUT2D eigenvalue weighted by atomic mass is 16.2. The lowest BCUT2D eigenvalue weighted by Crippen LogP contribution is -2.59. The Morgan fingerprint density at radius 1 is 0.936 bits per heavy atom. The standard InChI is InChI=1S/C36H47N7O4/c1-3-32(44)40-30(36(47)43-21-20-37-24-29(43)22-25-10-6-4-7-11-25)23-26-14-16-28(17-15-26)39-35(46)33(27-12-8-5-9-13-27)41-34(45)31-18-19-38-42(31)2/h4,6-7,10-11,14-19,27,29-30,33,37H,3,5,8-9,12-13,20-24H2,1-2H3,(H,39,46)(H,40,44)(H,41,45)/t29-,30-,33+/m1/s1. The zero-order valence-corrected chi connectivity index (χ0v) is 27.4. The van der Waals surface area contributed by atoms with Crippen LogP contribution >= 0.6 is 0 Å². The first-order valence-corrected chi connectivity index (χ1v) is 16.9. The van der Waals surface area contributed by atoms with E-state index in [0.29, 0.717) is 37.4 Å². The molecule has 0 bridgehead atoms. The molecule has 2 aliphatic rings. The van der Waals surface area contributed by atoms with Gasteiger partial charge in [0.1, 0.15) is 17.8 Å². The monoisotopic (exact) mass is 641 g/mol. The van der Waals surface area contributed by atoms with Crippen LogP contribution in [0.4, 0.5) is 5.69 Å². The maximum absolute atomic E-state index is 14.0. The molecule has 1 aliphatic carbocycles. The average Bonchev–Trinajstić information content (AvgIpc) is 3.54. The van der Waals surface area contributed by atoms with Crippen molar-refractivity contribution >= 4 is 29.3 Å². The third-order valence-corrected chi connectivity index (χ3v) is 9.31. The zero-order valence-electron chi connectivity index (χ0n) is 27.4. The van der Waals surface area contributed by atoms with E-state index in [1.807, 2.05) is 35.2 Å². The Balaban J connectivity index is 1.26. The zero-order chi connectivity index (χ0) is 33.2. The number of nitrogens with zero attached hydrogens (tertiary/aromatic N) is 3. The van der Waals surface area contributed by atoms with Gasteiger partial charge in [-0.25, -0.2) is 0 Å². The van der Waals surface area contributed by atoms with Crippen LogP contribution in [0.5, 0.6) is 0 Å². The third-order valence-electron chi connectivity index (χ3n) is 9.31. The topological polar surface area (TPSA) is 137 Å². The Bertz CT molecular complexity index is 1500. The van der Waals surface area contributed by atoms with Gasteiger partial charge in [0, 0.05) is 57.4 Å². The Hall–Kier alpha value is -4.51. The summed E-state index contributed by atoms with van der Waals surface area (Å²) < 4.78 is 1.50. The molecule has 47 heavy (non-hydrogen) atoms. The van der Waals surface area contributed by atoms with Gasteiger partial charge in [-0.05, 0) is 54.5 Å². The predicted octanol–water partition coefficient (Wildman–Crippen LogP) is 3.22. The van der Waals surface area contributed by atoms with E-state index in [-0.39, 0.29) is 42.0 Å². The molecular weight excluding hydrogens is 594 g/mol. The Kier molecular flexibility index (Phi) is 11.8. The third kappa shape index (κ3) is 9.06. The molecule has 11 nitrogen and oxygen atoms in total. The Morgan fingerprint density at radius 3 is 2.36 bits per heavy atom. The van der Waals surface area contributed by atoms with E-state index in [4.69, 9.17) is 0 Å². The summed E-state index contributed by atoms with van der Waals surface area (Å²) >= 11 is 0. The van der Waals surface area contributed by atoms with E-state index in [9.17, 15) is 19.2 Å². The van der Waals surface area contributed by atoms with Crippen LogP contribution in [0, 0.1) is 5.92 Å². The van der Waals surface area contributed by atoms with Crippen molar-refractivity contribution in [2.75, 3.05) is 25.0 Å². The van der Waals surface area contributed by atoms with Crippen molar-refractivity contribution in [1.29, 1.82) is 0 Å². The fourth-order valence-electron chi connectivity index (χ4n) is 6.67. The highest BCUT2D eigenvalue weighted by molar-refractivity contribution is 6.00. The van der Waals surface area contributed by atoms with Crippen molar-refractivity contribution in [3.8, 4) is 0 Å². The number of aromatic nitrogens is 2. The molecule has 3 atom stereocenters. The van der Waals surface area contributed by atoms with Crippen LogP contribution in [0.25, 0.3) is 0 Å². The van der Waals surface area contributed by atoms with Crippen molar-refractivity contribution in [2.24, 2.45) is 13.0 Å². The molecule has 1 aromatic heterocycles. The molecule has 2 aromatic carbocycles. The maximum atomic E-state index is 14.0. The van der Waals surface area contributed by atoms with Gasteiger partial charge >= 0.3 is 0 Å². The number of anilines is 1. The van der Waals surface area contributed by atoms with Gasteiger partial charge < -0.3 is 26.2 Å². The fourth-order valence-corrected chi connectivity index (χ4v) is 6.67. The first-order valence-electron chi connectivity index (χ1n) is 16.9. The maximum Gasteiger partial charge on any atom is 0.270 e. The lowest BCUT2D eigenvalue weighted by atomic mass is 9.83. The van der Waals surface area contributed by atoms with Gasteiger partial charge in [0.2, 0.25) is 17.7 Å². The number of carbonyl (C=O) groups is 4. The molecule has 0 unspecified atom stereocenters. The number of hydrogen-bond acceptors (Lipinski definition) is 6. The summed E-state index contributed by atoms with van der Waals surface area (Å²) in [6.45, 7) is 3.73. The van der Waals surface area contributed by atoms with Gasteiger partial charge in [-0.1, -0.05) is 68.7 Å². The van der Waals surface area contributed by atoms with Gasteiger partial charge in [-0.2, -0.15) is 5.10 Å². The Morgan fingerprint density at radius 2 is 1.68 bits per heavy atom. The molecule has 250 valence electrons. The second kappa shape index (κ2) is 16.4. The van der Waals surface area contributed by atoms with Gasteiger partial charge in [-0.15, -0.1) is 0 Å². The number of rotatable bonds is 12. The number of amides is 4. The molecule has 2 fully saturated rings. The summed E-state index contributed by atoms with van der Waals surface area (Å²) in [6.07, 6.45) is 7.83. The van der Waals surface area contributed by atoms with Crippen LogP contribution < -0.4 is 21.3 Å². The summed E-state index contributed by atoms with van der Waals surface area (Å²) in [5, 5.41) is 16.4. The first kappa shape index (κ1) is 33.8. The molecule has 1 aliphatic heterocycles. The summed E-state index contributed by atoms with van der Waals surface area (Å²) in [7, 11) is 1.70. The normalized spacial score (nSPS) is 18.2. The van der Waals surface area contributed by atoms with Crippen molar-refractivity contribution in [1.82, 2.24) is 30.6 Å². The number of hydrogen-bond donors (Lipinski definition) is 4. The van der Waals surface area contributed by atoms with E-state index >= 15 is 0 Å². The smallest absolute Gasteiger partial charge is 0.270 e. The number of aryl methyl sites for hydroxylation is 1. The molecule has 11 heteroatoms. The van der Waals surface area contributed by atoms with Gasteiger partial charge in [0.15, 0.2) is 0 Å². The van der Waals surface area contributed by atoms with Crippen LogP contribution in [0.3, 0.4) is 0 Å². The molecular formula is C36H47N7O4. The van der Waals surface area contributed by atoms with E-state index in [2.05, 4.69) is 38.5 Å².